The molecule has 7 heteroatoms. The molecule has 0 atom stereocenters. The number of unbranched alkanes of at least 4 members (excludes halogenated alkanes) is 1. The number of hydrogen-bond donors (Lipinski definition) is 0. The third-order valence-electron chi connectivity index (χ3n) is 18.9. The molecule has 0 radical (unpaired) electrons. The van der Waals surface area contributed by atoms with E-state index in [0.29, 0.717) is 34.4 Å². The SMILES string of the molecule is CB(C)C.CB(C)c1ccccc1.CC(C)(C)C(C)(C)C.CC(C)C(C)(C(C)C)C(C)(C(C)C)C(C)C.CC(C)N(C)C.CC(c1ccccc1)(c1ccccc1)C(C)(c1ccccc1)c1ccccc1.CCCC.CN(C)C.CN(C)c1ccccc1.COC.CSC. The smallest absolute Gasteiger partial charge is 0.169 e. The van der Waals surface area contributed by atoms with E-state index in [9.17, 15) is 0 Å². The summed E-state index contributed by atoms with van der Waals surface area (Å²) in [6.07, 6.45) is 6.72. The van der Waals surface area contributed by atoms with Gasteiger partial charge in [0.05, 0.1) is 0 Å². The lowest BCUT2D eigenvalue weighted by Crippen LogP contribution is -2.51. The van der Waals surface area contributed by atoms with Crippen LogP contribution in [0.2, 0.25) is 34.1 Å². The second-order valence-corrected chi connectivity index (χ2v) is 32.0. The molecule has 0 aliphatic heterocycles. The van der Waals surface area contributed by atoms with Gasteiger partial charge in [-0.15, -0.1) is 0 Å². The number of benzene rings is 6. The summed E-state index contributed by atoms with van der Waals surface area (Å²) in [6.45, 7) is 63.6. The van der Waals surface area contributed by atoms with Crippen LogP contribution >= 0.6 is 11.8 Å². The Bertz CT molecular complexity index is 2290. The van der Waals surface area contributed by atoms with Gasteiger partial charge in [0.15, 0.2) is 6.71 Å². The Morgan fingerprint density at radius 2 is 0.543 bits per heavy atom. The fourth-order valence-electron chi connectivity index (χ4n) is 9.96. The van der Waals surface area contributed by atoms with Crippen molar-refractivity contribution in [3.63, 3.8) is 0 Å². The molecule has 6 rings (SSSR count). The molecule has 6 aromatic rings. The van der Waals surface area contributed by atoms with Crippen LogP contribution in [0, 0.1) is 45.3 Å². The first-order valence-electron chi connectivity index (χ1n) is 35.5. The number of nitrogens with zero attached hydrogens (tertiary/aromatic N) is 3. The number of ether oxygens (including phenoxy) is 1. The third-order valence-corrected chi connectivity index (χ3v) is 18.9. The highest BCUT2D eigenvalue weighted by atomic mass is 32.2. The second kappa shape index (κ2) is 52.6. The van der Waals surface area contributed by atoms with E-state index in [1.54, 1.807) is 26.0 Å². The summed E-state index contributed by atoms with van der Waals surface area (Å²) >= 11 is 1.75. The van der Waals surface area contributed by atoms with Gasteiger partial charge in [0.25, 0.3) is 0 Å². The van der Waals surface area contributed by atoms with E-state index < -0.39 is 0 Å². The van der Waals surface area contributed by atoms with E-state index >= 15 is 0 Å². The molecule has 0 saturated heterocycles. The first-order valence-corrected chi connectivity index (χ1v) is 37.1. The summed E-state index contributed by atoms with van der Waals surface area (Å²) in [5.41, 5.74) is 9.09. The molecular formula is C87H153B2N3OS. The lowest BCUT2D eigenvalue weighted by atomic mass is 9.48. The van der Waals surface area contributed by atoms with E-state index in [-0.39, 0.29) is 10.8 Å². The zero-order valence-electron chi connectivity index (χ0n) is 68.9. The highest BCUT2D eigenvalue weighted by Crippen LogP contribution is 2.58. The molecule has 0 unspecified atom stereocenters. The fourth-order valence-corrected chi connectivity index (χ4v) is 9.96. The van der Waals surface area contributed by atoms with E-state index in [1.807, 2.05) is 76.9 Å². The summed E-state index contributed by atoms with van der Waals surface area (Å²) in [7, 11) is 17.5. The molecule has 0 N–H and O–H groups in total. The van der Waals surface area contributed by atoms with Crippen LogP contribution in [-0.2, 0) is 15.6 Å². The molecule has 0 amide bonds. The van der Waals surface area contributed by atoms with Crippen LogP contribution in [-0.4, -0.2) is 105 Å². The van der Waals surface area contributed by atoms with Gasteiger partial charge in [0.2, 0.25) is 0 Å². The number of para-hydroxylation sites is 1. The van der Waals surface area contributed by atoms with E-state index in [4.69, 9.17) is 0 Å². The number of methoxy groups -OCH3 is 1. The Labute approximate surface area is 594 Å². The molecule has 6 aromatic carbocycles. The highest BCUT2D eigenvalue weighted by molar-refractivity contribution is 7.97. The van der Waals surface area contributed by atoms with Gasteiger partial charge in [0, 0.05) is 50.9 Å². The minimum atomic E-state index is -0.252. The molecule has 0 aliphatic rings. The maximum atomic E-state index is 4.25. The molecule has 0 bridgehead atoms. The standard InChI is InChI=1S/C28H26.C16H34.C8H11B.C8H11N.C8H18.C5H13N.C4H10.C3H9B.C3H9N.C2H6O.C2H6S/c1-27(23-15-7-3-8-16-23,24-17-9-4-10-18-24)28(2,25-19-11-5-12-20-25)26-21-13-6-14-22-26;1-11(2)15(9,12(3)4)16(10,13(5)6)14(7)8;2*1-9(2)8-6-4-3-5-7-8;1-7(2,3)8(4,5)6;1-5(2)6(3)4;1-3-4-2;2*1-4(2)3;2*1-3-2/h3-22H,1-2H3;11-14H,1-10H3;2*3-7H,1-2H3;1-6H3;5H,1-4H3;3-4H2,1-2H3;2*1-3H3;2*1-2H3. The average Bonchev–Trinajstić information content (AvgIpc) is 0.729. The van der Waals surface area contributed by atoms with Crippen LogP contribution in [0.4, 0.5) is 5.69 Å². The summed E-state index contributed by atoms with van der Waals surface area (Å²) in [5, 5.41) is 0. The van der Waals surface area contributed by atoms with Crippen LogP contribution in [0.1, 0.15) is 187 Å². The Balaban J connectivity index is -0.000000343. The van der Waals surface area contributed by atoms with Crippen LogP contribution in [0.15, 0.2) is 182 Å². The predicted molar refractivity (Wildman–Crippen MR) is 442 cm³/mol. The normalized spacial score (nSPS) is 11.1. The summed E-state index contributed by atoms with van der Waals surface area (Å²) in [4.78, 5) is 6.25. The highest BCUT2D eigenvalue weighted by Gasteiger charge is 2.52. The Morgan fingerprint density at radius 1 is 0.372 bits per heavy atom. The predicted octanol–water partition coefficient (Wildman–Crippen LogP) is 24.7. The minimum Gasteiger partial charge on any atom is -0.388 e. The van der Waals surface area contributed by atoms with E-state index in [2.05, 4.69) is 373 Å². The van der Waals surface area contributed by atoms with Crippen LogP contribution in [0.5, 0.6) is 0 Å². The summed E-state index contributed by atoms with van der Waals surface area (Å²) in [6, 6.07) is 65.1. The van der Waals surface area contributed by atoms with Gasteiger partial charge < -0.3 is 19.4 Å². The maximum Gasteiger partial charge on any atom is 0.169 e. The lowest BCUT2D eigenvalue weighted by molar-refractivity contribution is -0.0907. The van der Waals surface area contributed by atoms with Crippen molar-refractivity contribution in [3.05, 3.63) is 204 Å². The van der Waals surface area contributed by atoms with E-state index in [0.717, 1.165) is 30.4 Å². The first kappa shape index (κ1) is 98.2. The van der Waals surface area contributed by atoms with Crippen LogP contribution in [0.3, 0.4) is 0 Å². The van der Waals surface area contributed by atoms with Crippen molar-refractivity contribution in [2.75, 3.05) is 81.0 Å². The molecule has 0 aromatic heterocycles. The van der Waals surface area contributed by atoms with Gasteiger partial charge in [-0.3, -0.25) is 0 Å². The van der Waals surface area contributed by atoms with Crippen molar-refractivity contribution in [1.29, 1.82) is 0 Å². The molecule has 94 heavy (non-hydrogen) atoms. The third kappa shape index (κ3) is 37.8. The average molecular weight is 1310 g/mol. The van der Waals surface area contributed by atoms with E-state index in [1.165, 1.54) is 46.2 Å². The van der Waals surface area contributed by atoms with Gasteiger partial charge >= 0.3 is 0 Å². The van der Waals surface area contributed by atoms with Gasteiger partial charge in [-0.05, 0) is 141 Å². The number of thioether (sulfide) groups is 1. The number of hydrogen-bond acceptors (Lipinski definition) is 5. The quantitative estimate of drug-likeness (QED) is 0.101. The van der Waals surface area contributed by atoms with Gasteiger partial charge in [-0.2, -0.15) is 11.8 Å². The van der Waals surface area contributed by atoms with Gasteiger partial charge in [-0.25, -0.2) is 0 Å². The Kier molecular flexibility index (Phi) is 54.9. The fraction of sp³-hybridized carbons (Fsp3) is 0.586. The largest absolute Gasteiger partial charge is 0.388 e. The Morgan fingerprint density at radius 3 is 0.649 bits per heavy atom. The van der Waals surface area contributed by atoms with Crippen molar-refractivity contribution in [3.8, 4) is 0 Å². The van der Waals surface area contributed by atoms with Crippen LogP contribution < -0.4 is 10.4 Å². The molecule has 0 heterocycles. The zero-order valence-corrected chi connectivity index (χ0v) is 69.8. The van der Waals surface area contributed by atoms with Crippen LogP contribution in [0.25, 0.3) is 0 Å². The molecular weight excluding hydrogens is 1160 g/mol. The van der Waals surface area contributed by atoms with Gasteiger partial charge in [-0.1, -0.05) is 361 Å². The summed E-state index contributed by atoms with van der Waals surface area (Å²) < 4.78 is 4.25. The zero-order chi connectivity index (χ0) is 74.3. The summed E-state index contributed by atoms with van der Waals surface area (Å²) in [5.74, 6) is 2.90. The van der Waals surface area contributed by atoms with Crippen molar-refractivity contribution in [2.24, 2.45) is 45.3 Å². The Hall–Kier alpha value is -4.52. The van der Waals surface area contributed by atoms with Crippen molar-refractivity contribution < 1.29 is 4.74 Å². The van der Waals surface area contributed by atoms with Gasteiger partial charge in [0.1, 0.15) is 6.71 Å². The molecule has 4 nitrogen and oxygen atoms in total. The first-order chi connectivity index (χ1) is 43.4. The lowest BCUT2D eigenvalue weighted by Gasteiger charge is -2.57. The number of anilines is 1. The minimum absolute atomic E-state index is 0.252. The maximum absolute atomic E-state index is 4.25. The topological polar surface area (TPSA) is 19.0 Å². The number of rotatable bonds is 14. The van der Waals surface area contributed by atoms with Crippen molar-refractivity contribution in [2.45, 2.75) is 216 Å². The molecule has 534 valence electrons. The molecule has 0 saturated carbocycles. The van der Waals surface area contributed by atoms with Crippen molar-refractivity contribution in [1.82, 2.24) is 9.80 Å². The van der Waals surface area contributed by atoms with Crippen molar-refractivity contribution >= 4 is 36.3 Å². The molecule has 0 spiro atoms. The molecule has 0 aliphatic carbocycles. The molecule has 0 fully saturated rings. The monoisotopic (exact) mass is 1310 g/mol. The second-order valence-electron chi connectivity index (χ2n) is 31.1.